The average Bonchev–Trinajstić information content (AvgIpc) is 3.24. The molecule has 1 aromatic carbocycles. The summed E-state index contributed by atoms with van der Waals surface area (Å²) >= 11 is 0. The lowest BCUT2D eigenvalue weighted by Gasteiger charge is -2.14. The number of anilines is 1. The van der Waals surface area contributed by atoms with Crippen LogP contribution in [0.15, 0.2) is 42.9 Å². The Hall–Kier alpha value is -4.08. The van der Waals surface area contributed by atoms with Crippen molar-refractivity contribution in [1.82, 2.24) is 25.1 Å². The van der Waals surface area contributed by atoms with Gasteiger partial charge in [0, 0.05) is 23.2 Å². The minimum Gasteiger partial charge on any atom is -0.497 e. The van der Waals surface area contributed by atoms with Crippen molar-refractivity contribution >= 4 is 22.6 Å². The largest absolute Gasteiger partial charge is 0.497 e. The normalized spacial score (nSPS) is 11.4. The third-order valence-electron chi connectivity index (χ3n) is 4.89. The van der Waals surface area contributed by atoms with Crippen LogP contribution < -0.4 is 14.8 Å². The molecule has 0 bridgehead atoms. The molecule has 3 heterocycles. The smallest absolute Gasteiger partial charge is 0.231 e. The standard InChI is InChI=1S/C23H23FN6O3/c1-23(2,3)19-10-20(30-29-19)28-21(31)9-18-16(24)8-14(11-25-18)33-22-15-7-13(32-4)5-6-17(15)26-12-27-22/h5-8,10-12H,9H2,1-4H3,(H2,28,29,30,31). The molecule has 0 aliphatic rings. The molecule has 4 aromatic rings. The second-order valence-electron chi connectivity index (χ2n) is 8.41. The molecule has 33 heavy (non-hydrogen) atoms. The van der Waals surface area contributed by atoms with Crippen LogP contribution in [-0.4, -0.2) is 38.2 Å². The van der Waals surface area contributed by atoms with Crippen molar-refractivity contribution in [2.45, 2.75) is 32.6 Å². The fourth-order valence-electron chi connectivity index (χ4n) is 3.08. The molecule has 9 nitrogen and oxygen atoms in total. The summed E-state index contributed by atoms with van der Waals surface area (Å²) < 4.78 is 25.6. The first-order valence-corrected chi connectivity index (χ1v) is 10.2. The van der Waals surface area contributed by atoms with Gasteiger partial charge in [-0.1, -0.05) is 20.8 Å². The summed E-state index contributed by atoms with van der Waals surface area (Å²) in [5.74, 6) is 0.253. The van der Waals surface area contributed by atoms with Crippen LogP contribution in [0.5, 0.6) is 17.4 Å². The molecule has 0 aliphatic carbocycles. The number of ether oxygens (including phenoxy) is 2. The second kappa shape index (κ2) is 8.81. The highest BCUT2D eigenvalue weighted by molar-refractivity contribution is 5.91. The van der Waals surface area contributed by atoms with E-state index in [2.05, 4.69) is 30.5 Å². The first-order chi connectivity index (χ1) is 15.7. The predicted octanol–water partition coefficient (Wildman–Crippen LogP) is 4.17. The summed E-state index contributed by atoms with van der Waals surface area (Å²) in [4.78, 5) is 24.7. The van der Waals surface area contributed by atoms with E-state index in [-0.39, 0.29) is 29.2 Å². The highest BCUT2D eigenvalue weighted by atomic mass is 19.1. The molecule has 0 saturated carbocycles. The fourth-order valence-corrected chi connectivity index (χ4v) is 3.08. The van der Waals surface area contributed by atoms with Gasteiger partial charge >= 0.3 is 0 Å². The third kappa shape index (κ3) is 5.05. The monoisotopic (exact) mass is 450 g/mol. The maximum Gasteiger partial charge on any atom is 0.231 e. The van der Waals surface area contributed by atoms with E-state index in [1.54, 1.807) is 31.4 Å². The van der Waals surface area contributed by atoms with Crippen molar-refractivity contribution < 1.29 is 18.7 Å². The molecule has 4 rings (SSSR count). The van der Waals surface area contributed by atoms with Crippen LogP contribution in [-0.2, 0) is 16.6 Å². The Balaban J connectivity index is 1.47. The summed E-state index contributed by atoms with van der Waals surface area (Å²) in [5.41, 5.74) is 1.37. The van der Waals surface area contributed by atoms with Gasteiger partial charge in [0.2, 0.25) is 11.8 Å². The Morgan fingerprint density at radius 1 is 1.12 bits per heavy atom. The van der Waals surface area contributed by atoms with E-state index in [0.717, 1.165) is 11.8 Å². The van der Waals surface area contributed by atoms with Crippen LogP contribution in [0.4, 0.5) is 10.2 Å². The number of methoxy groups -OCH3 is 1. The summed E-state index contributed by atoms with van der Waals surface area (Å²) in [7, 11) is 1.55. The number of aromatic nitrogens is 5. The lowest BCUT2D eigenvalue weighted by molar-refractivity contribution is -0.115. The van der Waals surface area contributed by atoms with Gasteiger partial charge in [0.05, 0.1) is 36.3 Å². The number of hydrogen-bond acceptors (Lipinski definition) is 7. The van der Waals surface area contributed by atoms with Crippen LogP contribution in [0, 0.1) is 5.82 Å². The predicted molar refractivity (Wildman–Crippen MR) is 120 cm³/mol. The average molecular weight is 450 g/mol. The summed E-state index contributed by atoms with van der Waals surface area (Å²) in [6, 6.07) is 8.18. The Morgan fingerprint density at radius 2 is 1.94 bits per heavy atom. The molecule has 0 radical (unpaired) electrons. The maximum atomic E-state index is 14.6. The molecule has 1 amide bonds. The molecule has 2 N–H and O–H groups in total. The maximum absolute atomic E-state index is 14.6. The lowest BCUT2D eigenvalue weighted by Crippen LogP contribution is -2.16. The van der Waals surface area contributed by atoms with Crippen LogP contribution >= 0.6 is 0 Å². The minimum atomic E-state index is -0.670. The van der Waals surface area contributed by atoms with Gasteiger partial charge in [-0.15, -0.1) is 0 Å². The molecule has 0 atom stereocenters. The number of nitrogens with one attached hydrogen (secondary N) is 2. The number of pyridine rings is 1. The number of aromatic amines is 1. The zero-order chi connectivity index (χ0) is 23.6. The number of H-pyrrole nitrogens is 1. The first kappa shape index (κ1) is 22.1. The van der Waals surface area contributed by atoms with Gasteiger partial charge in [-0.25, -0.2) is 14.4 Å². The molecule has 0 unspecified atom stereocenters. The van der Waals surface area contributed by atoms with Crippen LogP contribution in [0.3, 0.4) is 0 Å². The van der Waals surface area contributed by atoms with E-state index in [9.17, 15) is 9.18 Å². The Bertz CT molecular complexity index is 1320. The third-order valence-corrected chi connectivity index (χ3v) is 4.89. The second-order valence-corrected chi connectivity index (χ2v) is 8.41. The number of carbonyl (C=O) groups is 1. The number of fused-ring (bicyclic) bond motifs is 1. The van der Waals surface area contributed by atoms with E-state index in [1.165, 1.54) is 12.5 Å². The van der Waals surface area contributed by atoms with E-state index in [1.807, 2.05) is 20.8 Å². The van der Waals surface area contributed by atoms with Gasteiger partial charge < -0.3 is 14.8 Å². The number of amides is 1. The SMILES string of the molecule is COc1ccc2ncnc(Oc3cnc(CC(=O)Nc4cc(C(C)(C)C)[nH]n4)c(F)c3)c2c1. The zero-order valence-corrected chi connectivity index (χ0v) is 18.6. The van der Waals surface area contributed by atoms with Crippen molar-refractivity contribution in [3.63, 3.8) is 0 Å². The van der Waals surface area contributed by atoms with Gasteiger partial charge in [-0.2, -0.15) is 5.10 Å². The van der Waals surface area contributed by atoms with Gasteiger partial charge in [0.1, 0.15) is 17.9 Å². The van der Waals surface area contributed by atoms with Gasteiger partial charge in [0.15, 0.2) is 11.6 Å². The molecule has 3 aromatic heterocycles. The molecular weight excluding hydrogens is 427 g/mol. The first-order valence-electron chi connectivity index (χ1n) is 10.2. The Labute approximate surface area is 189 Å². The van der Waals surface area contributed by atoms with Gasteiger partial charge in [0.25, 0.3) is 0 Å². The molecular formula is C23H23FN6O3. The summed E-state index contributed by atoms with van der Waals surface area (Å²) in [6.07, 6.45) is 2.44. The molecule has 10 heteroatoms. The topological polar surface area (TPSA) is 115 Å². The number of rotatable bonds is 6. The zero-order valence-electron chi connectivity index (χ0n) is 18.6. The molecule has 0 spiro atoms. The highest BCUT2D eigenvalue weighted by Gasteiger charge is 2.18. The molecule has 0 fully saturated rings. The lowest BCUT2D eigenvalue weighted by atomic mass is 9.92. The number of benzene rings is 1. The number of nitrogens with zero attached hydrogens (tertiary/aromatic N) is 4. The van der Waals surface area contributed by atoms with E-state index in [0.29, 0.717) is 22.5 Å². The van der Waals surface area contributed by atoms with E-state index >= 15 is 0 Å². The number of hydrogen-bond donors (Lipinski definition) is 2. The minimum absolute atomic E-state index is 0.0133. The van der Waals surface area contributed by atoms with Crippen molar-refractivity contribution in [2.75, 3.05) is 12.4 Å². The summed E-state index contributed by atoms with van der Waals surface area (Å²) in [6.45, 7) is 6.07. The van der Waals surface area contributed by atoms with Crippen molar-refractivity contribution in [3.8, 4) is 17.4 Å². The van der Waals surface area contributed by atoms with Crippen molar-refractivity contribution in [3.05, 3.63) is 60.1 Å². The van der Waals surface area contributed by atoms with E-state index in [4.69, 9.17) is 9.47 Å². The van der Waals surface area contributed by atoms with Crippen LogP contribution in [0.2, 0.25) is 0 Å². The quantitative estimate of drug-likeness (QED) is 0.453. The molecule has 0 saturated heterocycles. The number of halogens is 1. The number of carbonyl (C=O) groups excluding carboxylic acids is 1. The molecule has 0 aliphatic heterocycles. The Kier molecular flexibility index (Phi) is 5.91. The highest BCUT2D eigenvalue weighted by Crippen LogP contribution is 2.29. The van der Waals surface area contributed by atoms with Gasteiger partial charge in [-0.3, -0.25) is 14.9 Å². The van der Waals surface area contributed by atoms with Crippen molar-refractivity contribution in [1.29, 1.82) is 0 Å². The van der Waals surface area contributed by atoms with Crippen LogP contribution in [0.25, 0.3) is 10.9 Å². The van der Waals surface area contributed by atoms with Crippen LogP contribution in [0.1, 0.15) is 32.2 Å². The summed E-state index contributed by atoms with van der Waals surface area (Å²) in [5, 5.41) is 10.2. The fraction of sp³-hybridized carbons (Fsp3) is 0.261. The van der Waals surface area contributed by atoms with E-state index < -0.39 is 11.7 Å². The van der Waals surface area contributed by atoms with Gasteiger partial charge in [-0.05, 0) is 18.2 Å². The van der Waals surface area contributed by atoms with Crippen molar-refractivity contribution in [2.24, 2.45) is 0 Å². The molecule has 170 valence electrons. The Morgan fingerprint density at radius 3 is 2.64 bits per heavy atom.